The van der Waals surface area contributed by atoms with Crippen molar-refractivity contribution in [2.45, 2.75) is 38.7 Å². The van der Waals surface area contributed by atoms with Gasteiger partial charge in [-0.2, -0.15) is 5.26 Å². The Hall–Kier alpha value is -2.68. The number of nitrogens with zero attached hydrogens (tertiary/aromatic N) is 2. The number of carbonyl (C=O) groups is 1. The standard InChI is InChI=1S/C24H28N2O3/c1-17-3-2-10-26(15-17)22-7-6-19-11-18(4-5-20(19)13-22)12-21(14-25)24(29)9-8-23(28)16-27/h4-7,11-13,17,23,27-28H,2-3,8-10,15-16H2,1H3/b21-12+. The average Bonchev–Trinajstić information content (AvgIpc) is 2.75. The maximum absolute atomic E-state index is 12.2. The fourth-order valence-corrected chi connectivity index (χ4v) is 3.83. The van der Waals surface area contributed by atoms with Crippen molar-refractivity contribution in [2.75, 3.05) is 24.6 Å². The molecule has 1 aliphatic heterocycles. The van der Waals surface area contributed by atoms with Crippen LogP contribution in [0.2, 0.25) is 0 Å². The molecule has 3 rings (SSSR count). The lowest BCUT2D eigenvalue weighted by Crippen LogP contribution is -2.34. The normalized spacial score (nSPS) is 18.5. The number of carbonyl (C=O) groups excluding carboxylic acids is 1. The van der Waals surface area contributed by atoms with E-state index in [0.29, 0.717) is 5.92 Å². The molecule has 0 aliphatic carbocycles. The molecule has 0 aromatic heterocycles. The molecule has 152 valence electrons. The van der Waals surface area contributed by atoms with Crippen molar-refractivity contribution in [2.24, 2.45) is 5.92 Å². The Morgan fingerprint density at radius 1 is 1.31 bits per heavy atom. The van der Waals surface area contributed by atoms with Gasteiger partial charge in [0.25, 0.3) is 0 Å². The van der Waals surface area contributed by atoms with E-state index in [-0.39, 0.29) is 30.8 Å². The van der Waals surface area contributed by atoms with E-state index in [9.17, 15) is 15.2 Å². The summed E-state index contributed by atoms with van der Waals surface area (Å²) in [7, 11) is 0. The summed E-state index contributed by atoms with van der Waals surface area (Å²) >= 11 is 0. The van der Waals surface area contributed by atoms with Crippen molar-refractivity contribution in [3.05, 3.63) is 47.5 Å². The second-order valence-electron chi connectivity index (χ2n) is 7.95. The number of hydrogen-bond acceptors (Lipinski definition) is 5. The Morgan fingerprint density at radius 3 is 2.79 bits per heavy atom. The quantitative estimate of drug-likeness (QED) is 0.555. The molecule has 1 saturated heterocycles. The number of fused-ring (bicyclic) bond motifs is 1. The molecule has 0 amide bonds. The summed E-state index contributed by atoms with van der Waals surface area (Å²) in [6.45, 7) is 4.09. The zero-order valence-corrected chi connectivity index (χ0v) is 16.8. The molecule has 2 atom stereocenters. The Labute approximate surface area is 171 Å². The summed E-state index contributed by atoms with van der Waals surface area (Å²) in [5.41, 5.74) is 2.10. The summed E-state index contributed by atoms with van der Waals surface area (Å²) < 4.78 is 0. The molecule has 1 heterocycles. The van der Waals surface area contributed by atoms with E-state index in [1.165, 1.54) is 18.5 Å². The monoisotopic (exact) mass is 392 g/mol. The summed E-state index contributed by atoms with van der Waals surface area (Å²) in [6, 6.07) is 14.3. The van der Waals surface area contributed by atoms with Gasteiger partial charge < -0.3 is 15.1 Å². The van der Waals surface area contributed by atoms with Gasteiger partial charge in [0, 0.05) is 25.2 Å². The van der Waals surface area contributed by atoms with Crippen LogP contribution in [0.25, 0.3) is 16.8 Å². The minimum atomic E-state index is -0.934. The molecule has 0 spiro atoms. The highest BCUT2D eigenvalue weighted by Crippen LogP contribution is 2.27. The van der Waals surface area contributed by atoms with Crippen molar-refractivity contribution in [3.8, 4) is 6.07 Å². The third-order valence-corrected chi connectivity index (χ3v) is 5.52. The third kappa shape index (κ3) is 5.44. The Bertz CT molecular complexity index is 945. The maximum Gasteiger partial charge on any atom is 0.173 e. The molecule has 2 aromatic rings. The number of benzene rings is 2. The Kier molecular flexibility index (Phi) is 7.03. The van der Waals surface area contributed by atoms with Crippen LogP contribution in [0.15, 0.2) is 42.0 Å². The van der Waals surface area contributed by atoms with Gasteiger partial charge in [0.15, 0.2) is 5.78 Å². The van der Waals surface area contributed by atoms with Crippen LogP contribution in [-0.2, 0) is 4.79 Å². The van der Waals surface area contributed by atoms with E-state index < -0.39 is 6.10 Å². The van der Waals surface area contributed by atoms with Gasteiger partial charge in [-0.05, 0) is 65.8 Å². The largest absolute Gasteiger partial charge is 0.394 e. The van der Waals surface area contributed by atoms with Crippen LogP contribution in [0.1, 0.15) is 38.2 Å². The van der Waals surface area contributed by atoms with Crippen LogP contribution in [-0.4, -0.2) is 41.8 Å². The Morgan fingerprint density at radius 2 is 2.07 bits per heavy atom. The molecule has 2 unspecified atom stereocenters. The highest BCUT2D eigenvalue weighted by Gasteiger charge is 2.17. The number of Topliss-reactive ketones (excluding diaryl/α,β-unsaturated/α-hetero) is 1. The molecule has 5 nitrogen and oxygen atoms in total. The van der Waals surface area contributed by atoms with E-state index in [1.807, 2.05) is 24.3 Å². The van der Waals surface area contributed by atoms with Crippen LogP contribution in [0.3, 0.4) is 0 Å². The van der Waals surface area contributed by atoms with Gasteiger partial charge in [0.1, 0.15) is 6.07 Å². The smallest absolute Gasteiger partial charge is 0.173 e. The van der Waals surface area contributed by atoms with E-state index in [0.717, 1.165) is 29.4 Å². The molecule has 2 aromatic carbocycles. The van der Waals surface area contributed by atoms with Gasteiger partial charge >= 0.3 is 0 Å². The molecule has 0 saturated carbocycles. The fourth-order valence-electron chi connectivity index (χ4n) is 3.83. The molecule has 1 aliphatic rings. The number of aliphatic hydroxyl groups excluding tert-OH is 2. The third-order valence-electron chi connectivity index (χ3n) is 5.52. The van der Waals surface area contributed by atoms with Crippen molar-refractivity contribution in [1.82, 2.24) is 0 Å². The highest BCUT2D eigenvalue weighted by molar-refractivity contribution is 6.03. The number of anilines is 1. The predicted octanol–water partition coefficient (Wildman–Crippen LogP) is 3.69. The first-order chi connectivity index (χ1) is 14.0. The molecule has 5 heteroatoms. The number of rotatable bonds is 7. The van der Waals surface area contributed by atoms with Crippen molar-refractivity contribution >= 4 is 28.3 Å². The predicted molar refractivity (Wildman–Crippen MR) is 115 cm³/mol. The molecule has 2 N–H and O–H groups in total. The van der Waals surface area contributed by atoms with Crippen LogP contribution in [0.5, 0.6) is 0 Å². The minimum absolute atomic E-state index is 0.0340. The SMILES string of the molecule is CC1CCCN(c2ccc3cc(/C=C(\C#N)C(=O)CCC(O)CO)ccc3c2)C1. The minimum Gasteiger partial charge on any atom is -0.394 e. The van der Waals surface area contributed by atoms with Gasteiger partial charge in [-0.25, -0.2) is 0 Å². The van der Waals surface area contributed by atoms with Gasteiger partial charge in [0.2, 0.25) is 0 Å². The Balaban J connectivity index is 1.78. The van der Waals surface area contributed by atoms with Gasteiger partial charge in [-0.1, -0.05) is 25.1 Å². The molecular formula is C24H28N2O3. The summed E-state index contributed by atoms with van der Waals surface area (Å²) in [5.74, 6) is 0.391. The van der Waals surface area contributed by atoms with Gasteiger partial charge in [0.05, 0.1) is 18.3 Å². The highest BCUT2D eigenvalue weighted by atomic mass is 16.3. The maximum atomic E-state index is 12.2. The zero-order chi connectivity index (χ0) is 20.8. The van der Waals surface area contributed by atoms with E-state index in [4.69, 9.17) is 5.11 Å². The van der Waals surface area contributed by atoms with Gasteiger partial charge in [-0.3, -0.25) is 4.79 Å². The molecule has 29 heavy (non-hydrogen) atoms. The second-order valence-corrected chi connectivity index (χ2v) is 7.95. The molecule has 0 bridgehead atoms. The number of allylic oxidation sites excluding steroid dienone is 1. The lowest BCUT2D eigenvalue weighted by Gasteiger charge is -2.33. The number of aliphatic hydroxyl groups is 2. The van der Waals surface area contributed by atoms with Crippen molar-refractivity contribution in [3.63, 3.8) is 0 Å². The van der Waals surface area contributed by atoms with Crippen LogP contribution in [0.4, 0.5) is 5.69 Å². The first-order valence-electron chi connectivity index (χ1n) is 10.2. The topological polar surface area (TPSA) is 84.6 Å². The second kappa shape index (κ2) is 9.69. The van der Waals surface area contributed by atoms with Crippen LogP contribution >= 0.6 is 0 Å². The first-order valence-corrected chi connectivity index (χ1v) is 10.2. The molecular weight excluding hydrogens is 364 g/mol. The summed E-state index contributed by atoms with van der Waals surface area (Å²) in [5, 5.41) is 29.8. The lowest BCUT2D eigenvalue weighted by molar-refractivity contribution is -0.115. The van der Waals surface area contributed by atoms with Crippen LogP contribution in [0, 0.1) is 17.2 Å². The van der Waals surface area contributed by atoms with Crippen molar-refractivity contribution < 1.29 is 15.0 Å². The number of hydrogen-bond donors (Lipinski definition) is 2. The number of ketones is 1. The molecule has 0 radical (unpaired) electrons. The van der Waals surface area contributed by atoms with E-state index in [2.05, 4.69) is 30.0 Å². The lowest BCUT2D eigenvalue weighted by atomic mass is 9.98. The fraction of sp³-hybridized carbons (Fsp3) is 0.417. The van der Waals surface area contributed by atoms with Gasteiger partial charge in [-0.15, -0.1) is 0 Å². The van der Waals surface area contributed by atoms with E-state index in [1.54, 1.807) is 6.08 Å². The first kappa shape index (κ1) is 21.0. The van der Waals surface area contributed by atoms with Crippen LogP contribution < -0.4 is 4.90 Å². The summed E-state index contributed by atoms with van der Waals surface area (Å²) in [4.78, 5) is 14.7. The summed E-state index contributed by atoms with van der Waals surface area (Å²) in [6.07, 6.45) is 3.35. The molecule has 1 fully saturated rings. The van der Waals surface area contributed by atoms with Crippen molar-refractivity contribution in [1.29, 1.82) is 5.26 Å². The number of nitriles is 1. The number of piperidine rings is 1. The zero-order valence-electron chi connectivity index (χ0n) is 16.8. The average molecular weight is 392 g/mol. The van der Waals surface area contributed by atoms with E-state index >= 15 is 0 Å².